The van der Waals surface area contributed by atoms with E-state index in [4.69, 9.17) is 21.1 Å². The van der Waals surface area contributed by atoms with Gasteiger partial charge in [0.15, 0.2) is 0 Å². The molecule has 5 heteroatoms. The molecule has 0 N–H and O–H groups in total. The van der Waals surface area contributed by atoms with E-state index in [-0.39, 0.29) is 5.82 Å². The van der Waals surface area contributed by atoms with Crippen LogP contribution in [0, 0.1) is 5.82 Å². The molecule has 15 heavy (non-hydrogen) atoms. The average molecular weight is 298 g/mol. The molecule has 0 saturated heterocycles. The third-order valence-electron chi connectivity index (χ3n) is 1.55. The summed E-state index contributed by atoms with van der Waals surface area (Å²) in [7, 11) is 0. The van der Waals surface area contributed by atoms with Crippen molar-refractivity contribution in [2.24, 2.45) is 0 Å². The van der Waals surface area contributed by atoms with Crippen LogP contribution >= 0.6 is 27.5 Å². The zero-order valence-electron chi connectivity index (χ0n) is 8.01. The maximum Gasteiger partial charge on any atom is 0.128 e. The highest BCUT2D eigenvalue weighted by atomic mass is 79.9. The lowest BCUT2D eigenvalue weighted by molar-refractivity contribution is 0.111. The average Bonchev–Trinajstić information content (AvgIpc) is 2.16. The highest BCUT2D eigenvalue weighted by Gasteiger charge is 1.99. The van der Waals surface area contributed by atoms with Crippen molar-refractivity contribution in [2.45, 2.75) is 0 Å². The summed E-state index contributed by atoms with van der Waals surface area (Å²) in [5, 5.41) is 0. The van der Waals surface area contributed by atoms with Gasteiger partial charge in [-0.25, -0.2) is 4.39 Å². The monoisotopic (exact) mass is 296 g/mol. The highest BCUT2D eigenvalue weighted by molar-refractivity contribution is 9.10. The molecule has 0 spiro atoms. The van der Waals surface area contributed by atoms with Gasteiger partial charge in [-0.3, -0.25) is 0 Å². The number of alkyl halides is 1. The first-order valence-corrected chi connectivity index (χ1v) is 5.77. The summed E-state index contributed by atoms with van der Waals surface area (Å²) >= 11 is 8.60. The van der Waals surface area contributed by atoms with Crippen LogP contribution in [0.4, 0.5) is 4.39 Å². The Morgan fingerprint density at radius 3 is 2.67 bits per heavy atom. The van der Waals surface area contributed by atoms with E-state index in [1.807, 2.05) is 0 Å². The standard InChI is InChI=1S/C10H11BrClFO2/c11-8-5-9(13)7-10(6-8)15-4-3-14-2-1-12/h5-7H,1-4H2. The highest BCUT2D eigenvalue weighted by Crippen LogP contribution is 2.20. The molecule has 0 fully saturated rings. The Morgan fingerprint density at radius 1 is 1.20 bits per heavy atom. The maximum atomic E-state index is 12.9. The second-order valence-corrected chi connectivity index (χ2v) is 4.05. The quantitative estimate of drug-likeness (QED) is 0.593. The summed E-state index contributed by atoms with van der Waals surface area (Å²) in [6.45, 7) is 1.32. The molecule has 0 aliphatic heterocycles. The molecule has 1 rings (SSSR count). The lowest BCUT2D eigenvalue weighted by Gasteiger charge is -2.06. The Bertz CT molecular complexity index is 289. The smallest absolute Gasteiger partial charge is 0.128 e. The molecule has 0 aliphatic carbocycles. The minimum Gasteiger partial charge on any atom is -0.491 e. The Kier molecular flexibility index (Phi) is 5.98. The SMILES string of the molecule is Fc1cc(Br)cc(OCCOCCCl)c1. The van der Waals surface area contributed by atoms with Gasteiger partial charge in [0, 0.05) is 16.4 Å². The zero-order valence-corrected chi connectivity index (χ0v) is 10.4. The number of ether oxygens (including phenoxy) is 2. The van der Waals surface area contributed by atoms with Crippen LogP contribution in [-0.2, 0) is 4.74 Å². The second-order valence-electron chi connectivity index (χ2n) is 2.75. The molecule has 0 radical (unpaired) electrons. The van der Waals surface area contributed by atoms with Gasteiger partial charge in [0.25, 0.3) is 0 Å². The van der Waals surface area contributed by atoms with Gasteiger partial charge in [-0.15, -0.1) is 11.6 Å². The first-order chi connectivity index (χ1) is 7.22. The fourth-order valence-corrected chi connectivity index (χ4v) is 1.54. The van der Waals surface area contributed by atoms with Gasteiger partial charge in [0.1, 0.15) is 18.2 Å². The number of halogens is 3. The largest absolute Gasteiger partial charge is 0.491 e. The van der Waals surface area contributed by atoms with E-state index in [1.54, 1.807) is 6.07 Å². The Hall–Kier alpha value is -0.320. The first-order valence-electron chi connectivity index (χ1n) is 4.45. The van der Waals surface area contributed by atoms with E-state index >= 15 is 0 Å². The topological polar surface area (TPSA) is 18.5 Å². The molecule has 1 aromatic rings. The predicted molar refractivity (Wildman–Crippen MR) is 61.1 cm³/mol. The fourth-order valence-electron chi connectivity index (χ4n) is 0.987. The molecule has 84 valence electrons. The van der Waals surface area contributed by atoms with Crippen molar-refractivity contribution in [3.63, 3.8) is 0 Å². The molecular weight excluding hydrogens is 286 g/mol. The molecule has 0 amide bonds. The number of benzene rings is 1. The Morgan fingerprint density at radius 2 is 2.00 bits per heavy atom. The van der Waals surface area contributed by atoms with Gasteiger partial charge in [0.05, 0.1) is 13.2 Å². The fraction of sp³-hybridized carbons (Fsp3) is 0.400. The van der Waals surface area contributed by atoms with Gasteiger partial charge >= 0.3 is 0 Å². The number of hydrogen-bond acceptors (Lipinski definition) is 2. The van der Waals surface area contributed by atoms with Gasteiger partial charge in [0.2, 0.25) is 0 Å². The Labute approximate surface area is 101 Å². The van der Waals surface area contributed by atoms with Crippen molar-refractivity contribution in [3.05, 3.63) is 28.5 Å². The molecule has 0 heterocycles. The van der Waals surface area contributed by atoms with Gasteiger partial charge in [-0.05, 0) is 12.1 Å². The third kappa shape index (κ3) is 5.35. The second kappa shape index (κ2) is 7.04. The van der Waals surface area contributed by atoms with Crippen molar-refractivity contribution in [1.29, 1.82) is 0 Å². The minimum absolute atomic E-state index is 0.332. The van der Waals surface area contributed by atoms with Crippen molar-refractivity contribution < 1.29 is 13.9 Å². The maximum absolute atomic E-state index is 12.9. The summed E-state index contributed by atoms with van der Waals surface area (Å²) in [5.74, 6) is 0.614. The molecule has 2 nitrogen and oxygen atoms in total. The van der Waals surface area contributed by atoms with Crippen LogP contribution in [0.3, 0.4) is 0 Å². The minimum atomic E-state index is -0.332. The van der Waals surface area contributed by atoms with Crippen LogP contribution in [0.2, 0.25) is 0 Å². The molecule has 0 bridgehead atoms. The molecule has 0 atom stereocenters. The lowest BCUT2D eigenvalue weighted by atomic mass is 10.3. The van der Waals surface area contributed by atoms with Crippen LogP contribution in [0.5, 0.6) is 5.75 Å². The lowest BCUT2D eigenvalue weighted by Crippen LogP contribution is -2.08. The summed E-state index contributed by atoms with van der Waals surface area (Å²) in [5.41, 5.74) is 0. The van der Waals surface area contributed by atoms with E-state index in [0.29, 0.717) is 35.9 Å². The molecule has 0 aliphatic rings. The van der Waals surface area contributed by atoms with Crippen LogP contribution in [-0.4, -0.2) is 25.7 Å². The van der Waals surface area contributed by atoms with Gasteiger partial charge in [-0.1, -0.05) is 15.9 Å². The van der Waals surface area contributed by atoms with Crippen LogP contribution in [0.15, 0.2) is 22.7 Å². The number of rotatable bonds is 6. The summed E-state index contributed by atoms with van der Waals surface area (Å²) < 4.78 is 23.9. The third-order valence-corrected chi connectivity index (χ3v) is 2.17. The van der Waals surface area contributed by atoms with Crippen molar-refractivity contribution in [3.8, 4) is 5.75 Å². The summed E-state index contributed by atoms with van der Waals surface area (Å²) in [6.07, 6.45) is 0. The van der Waals surface area contributed by atoms with E-state index in [1.165, 1.54) is 12.1 Å². The van der Waals surface area contributed by atoms with Crippen LogP contribution < -0.4 is 4.74 Å². The van der Waals surface area contributed by atoms with Crippen LogP contribution in [0.1, 0.15) is 0 Å². The van der Waals surface area contributed by atoms with E-state index in [2.05, 4.69) is 15.9 Å². The zero-order chi connectivity index (χ0) is 11.1. The number of hydrogen-bond donors (Lipinski definition) is 0. The molecule has 1 aromatic carbocycles. The normalized spacial score (nSPS) is 10.3. The van der Waals surface area contributed by atoms with Gasteiger partial charge in [-0.2, -0.15) is 0 Å². The van der Waals surface area contributed by atoms with Crippen molar-refractivity contribution in [1.82, 2.24) is 0 Å². The summed E-state index contributed by atoms with van der Waals surface area (Å²) in [4.78, 5) is 0. The van der Waals surface area contributed by atoms with Crippen LogP contribution in [0.25, 0.3) is 0 Å². The van der Waals surface area contributed by atoms with Crippen molar-refractivity contribution >= 4 is 27.5 Å². The molecular formula is C10H11BrClFO2. The molecule has 0 saturated carbocycles. The Balaban J connectivity index is 2.31. The van der Waals surface area contributed by atoms with Gasteiger partial charge < -0.3 is 9.47 Å². The summed E-state index contributed by atoms with van der Waals surface area (Å²) in [6, 6.07) is 4.40. The van der Waals surface area contributed by atoms with E-state index in [0.717, 1.165) is 0 Å². The molecule has 0 unspecified atom stereocenters. The molecule has 0 aromatic heterocycles. The van der Waals surface area contributed by atoms with E-state index in [9.17, 15) is 4.39 Å². The first kappa shape index (κ1) is 12.7. The predicted octanol–water partition coefficient (Wildman–Crippen LogP) is 3.22. The van der Waals surface area contributed by atoms with E-state index < -0.39 is 0 Å². The van der Waals surface area contributed by atoms with Crippen molar-refractivity contribution in [2.75, 3.05) is 25.7 Å².